The maximum atomic E-state index is 15.4. The molecule has 1 heterocycles. The van der Waals surface area contributed by atoms with Gasteiger partial charge in [0.15, 0.2) is 82.5 Å². The molecule has 0 bridgehead atoms. The van der Waals surface area contributed by atoms with E-state index in [4.69, 9.17) is 0 Å². The second-order valence-corrected chi connectivity index (χ2v) is 14.1. The zero-order chi connectivity index (χ0) is 50.4. The summed E-state index contributed by atoms with van der Waals surface area (Å²) in [6, 6.07) is 16.9. The monoisotopic (exact) mass is 985 g/mol. The van der Waals surface area contributed by atoms with Crippen molar-refractivity contribution >= 4 is 33.7 Å². The van der Waals surface area contributed by atoms with Crippen LogP contribution in [0.1, 0.15) is 16.8 Å². The van der Waals surface area contributed by atoms with Gasteiger partial charge in [-0.2, -0.15) is 4.57 Å². The first-order valence-corrected chi connectivity index (χ1v) is 18.3. The number of hydrogen-bond donors (Lipinski definition) is 0. The van der Waals surface area contributed by atoms with Gasteiger partial charge >= 0.3 is 0 Å². The second-order valence-electron chi connectivity index (χ2n) is 14.1. The van der Waals surface area contributed by atoms with Crippen molar-refractivity contribution in [2.24, 2.45) is 0 Å². The standard InChI is InChI=1S/C24BF20.C18H16N3O2/c26-5-1(6(27)14(35)21(42)13(5)34)25(2-7(28)15(36)22(43)16(37)8(2)29,3-9(30)17(38)23(44)18(39)10(3)31)4-11(32)19(40)24(45)20(41)12(4)33;22-21(23)17-8-4-7-16(11-17)12-18-13-19-9-10-20(18)14-15-5-2-1-3-6-15/h;1-11,13H,12,14H2/q-1;+1. The molecule has 26 heteroatoms. The van der Waals surface area contributed by atoms with Crippen LogP contribution in [0.4, 0.5) is 93.5 Å². The van der Waals surface area contributed by atoms with Gasteiger partial charge < -0.3 is 0 Å². The van der Waals surface area contributed by atoms with Gasteiger partial charge in [-0.25, -0.2) is 87.8 Å². The van der Waals surface area contributed by atoms with E-state index in [0.717, 1.165) is 17.8 Å². The highest BCUT2D eigenvalue weighted by Gasteiger charge is 2.52. The lowest BCUT2D eigenvalue weighted by atomic mass is 9.12. The van der Waals surface area contributed by atoms with Crippen LogP contribution in [-0.4, -0.2) is 16.1 Å². The molecule has 0 aliphatic heterocycles. The summed E-state index contributed by atoms with van der Waals surface area (Å²) in [5.41, 5.74) is -11.1. The van der Waals surface area contributed by atoms with Crippen LogP contribution in [0.2, 0.25) is 0 Å². The zero-order valence-corrected chi connectivity index (χ0v) is 32.6. The third-order valence-corrected chi connectivity index (χ3v) is 10.3. The van der Waals surface area contributed by atoms with E-state index < -0.39 is 144 Å². The molecule has 0 fully saturated rings. The van der Waals surface area contributed by atoms with E-state index in [1.807, 2.05) is 36.7 Å². The Bertz CT molecular complexity index is 2800. The van der Waals surface area contributed by atoms with Gasteiger partial charge in [0.05, 0.1) is 23.7 Å². The van der Waals surface area contributed by atoms with E-state index >= 15 is 35.1 Å². The van der Waals surface area contributed by atoms with Gasteiger partial charge in [0.25, 0.3) is 5.69 Å². The molecule has 0 unspecified atom stereocenters. The predicted molar refractivity (Wildman–Crippen MR) is 195 cm³/mol. The Morgan fingerprint density at radius 2 is 0.765 bits per heavy atom. The van der Waals surface area contributed by atoms with E-state index in [2.05, 4.69) is 21.7 Å². The van der Waals surface area contributed by atoms with Crippen LogP contribution < -0.4 is 26.4 Å². The predicted octanol–water partition coefficient (Wildman–Crippen LogP) is 8.76. The molecule has 0 amide bonds. The lowest BCUT2D eigenvalue weighted by Crippen LogP contribution is -2.81. The van der Waals surface area contributed by atoms with Crippen molar-refractivity contribution in [3.05, 3.63) is 216 Å². The van der Waals surface area contributed by atoms with Gasteiger partial charge in [-0.1, -0.05) is 42.5 Å². The molecule has 1 aromatic heterocycles. The highest BCUT2D eigenvalue weighted by molar-refractivity contribution is 7.20. The Morgan fingerprint density at radius 3 is 1.10 bits per heavy atom. The van der Waals surface area contributed by atoms with Crippen LogP contribution in [-0.2, 0) is 13.0 Å². The smallest absolute Gasteiger partial charge is 0.258 e. The Morgan fingerprint density at radius 1 is 0.441 bits per heavy atom. The van der Waals surface area contributed by atoms with Gasteiger partial charge in [0, 0.05) is 17.7 Å². The van der Waals surface area contributed by atoms with E-state index in [1.54, 1.807) is 18.3 Å². The van der Waals surface area contributed by atoms with Crippen molar-refractivity contribution < 1.29 is 97.3 Å². The van der Waals surface area contributed by atoms with E-state index in [1.165, 1.54) is 11.6 Å². The van der Waals surface area contributed by atoms with Crippen molar-refractivity contribution in [3.8, 4) is 0 Å². The normalized spacial score (nSPS) is 11.5. The van der Waals surface area contributed by atoms with Crippen LogP contribution in [0.25, 0.3) is 0 Å². The van der Waals surface area contributed by atoms with Crippen LogP contribution in [0.5, 0.6) is 0 Å². The first-order chi connectivity index (χ1) is 31.9. The highest BCUT2D eigenvalue weighted by Crippen LogP contribution is 2.31. The van der Waals surface area contributed by atoms with Crippen molar-refractivity contribution in [1.29, 1.82) is 0 Å². The molecule has 6 aromatic carbocycles. The molecule has 5 nitrogen and oxygen atoms in total. The van der Waals surface area contributed by atoms with E-state index in [0.29, 0.717) is 6.42 Å². The Labute approximate surface area is 365 Å². The number of nitrogens with zero attached hydrogens (tertiary/aromatic N) is 3. The molecule has 7 aromatic rings. The number of nitro benzene ring substituents is 1. The van der Waals surface area contributed by atoms with Crippen molar-refractivity contribution in [3.63, 3.8) is 0 Å². The largest absolute Gasteiger partial charge is 0.269 e. The fourth-order valence-corrected chi connectivity index (χ4v) is 7.36. The Hall–Kier alpha value is -7.54. The average Bonchev–Trinajstić information content (AvgIpc) is 3.32. The lowest BCUT2D eigenvalue weighted by molar-refractivity contribution is -0.695. The van der Waals surface area contributed by atoms with E-state index in [9.17, 15) is 62.8 Å². The molecule has 0 saturated heterocycles. The summed E-state index contributed by atoms with van der Waals surface area (Å²) < 4.78 is 296. The molecule has 0 atom stereocenters. The molecule has 0 spiro atoms. The number of benzene rings is 6. The number of hydrogen-bond acceptors (Lipinski definition) is 3. The van der Waals surface area contributed by atoms with Gasteiger partial charge in [-0.3, -0.25) is 15.1 Å². The quantitative estimate of drug-likeness (QED) is 0.0277. The number of rotatable bonds is 9. The minimum atomic E-state index is -7.22. The third-order valence-electron chi connectivity index (χ3n) is 10.3. The van der Waals surface area contributed by atoms with Crippen LogP contribution >= 0.6 is 0 Å². The van der Waals surface area contributed by atoms with Gasteiger partial charge in [0.1, 0.15) is 52.7 Å². The van der Waals surface area contributed by atoms with E-state index in [-0.39, 0.29) is 10.6 Å². The molecular formula is C42H16BF20N3O2. The fourth-order valence-electron chi connectivity index (χ4n) is 7.36. The summed E-state index contributed by atoms with van der Waals surface area (Å²) in [5, 5.41) is 10.9. The van der Waals surface area contributed by atoms with Crippen molar-refractivity contribution in [1.82, 2.24) is 4.98 Å². The Balaban J connectivity index is 0.000000276. The molecular weight excluding hydrogens is 969 g/mol. The minimum Gasteiger partial charge on any atom is -0.258 e. The van der Waals surface area contributed by atoms with Gasteiger partial charge in [-0.15, -0.1) is 21.9 Å². The molecule has 0 aliphatic rings. The maximum Gasteiger partial charge on any atom is 0.269 e. The summed E-state index contributed by atoms with van der Waals surface area (Å²) in [7, 11) is 0. The highest BCUT2D eigenvalue weighted by atomic mass is 19.2. The molecule has 0 saturated carbocycles. The number of aromatic nitrogens is 2. The lowest BCUT2D eigenvalue weighted by Gasteiger charge is -2.44. The maximum absolute atomic E-state index is 15.4. The molecule has 0 radical (unpaired) electrons. The number of nitro groups is 1. The van der Waals surface area contributed by atoms with Crippen molar-refractivity contribution in [2.75, 3.05) is 0 Å². The van der Waals surface area contributed by atoms with Crippen LogP contribution in [0.15, 0.2) is 73.2 Å². The van der Waals surface area contributed by atoms with Crippen LogP contribution in [0, 0.1) is 126 Å². The summed E-state index contributed by atoms with van der Waals surface area (Å²) in [5.74, 6) is -71.4. The second kappa shape index (κ2) is 19.0. The van der Waals surface area contributed by atoms with Gasteiger partial charge in [0.2, 0.25) is 5.69 Å². The molecule has 0 aliphatic carbocycles. The summed E-state index contributed by atoms with van der Waals surface area (Å²) in [6.45, 7) is 0.744. The first kappa shape index (κ1) is 49.9. The molecule has 68 heavy (non-hydrogen) atoms. The molecule has 7 rings (SSSR count). The van der Waals surface area contributed by atoms with Crippen molar-refractivity contribution in [2.45, 2.75) is 13.0 Å². The molecule has 0 N–H and O–H groups in total. The fraction of sp³-hybridized carbons (Fsp3) is 0.0476. The SMILES string of the molecule is Fc1c(F)c(F)c([B-](c2c(F)c(F)c(F)c(F)c2F)(c2c(F)c(F)c(F)c(F)c2F)c2c(F)c(F)c(F)c(F)c2F)c(F)c1F.O=[N+]([O-])c1cccc(Cc2cncc[n+]2Cc2ccccc2)c1. The summed E-state index contributed by atoms with van der Waals surface area (Å²) in [4.78, 5) is 14.7. The van der Waals surface area contributed by atoms with Crippen LogP contribution in [0.3, 0.4) is 0 Å². The number of non-ortho nitro benzene ring substituents is 1. The Kier molecular flexibility index (Phi) is 13.9. The third kappa shape index (κ3) is 8.20. The number of halogens is 20. The zero-order valence-electron chi connectivity index (χ0n) is 32.6. The summed E-state index contributed by atoms with van der Waals surface area (Å²) in [6.07, 6.45) is -1.13. The summed E-state index contributed by atoms with van der Waals surface area (Å²) >= 11 is 0. The molecule has 354 valence electrons. The minimum absolute atomic E-state index is 0.112. The van der Waals surface area contributed by atoms with Gasteiger partial charge in [-0.05, 0) is 5.56 Å². The first-order valence-electron chi connectivity index (χ1n) is 18.3. The topological polar surface area (TPSA) is 59.9 Å². The average molecular weight is 985 g/mol.